The molecule has 4 aliphatic rings. The van der Waals surface area contributed by atoms with Crippen LogP contribution in [0.1, 0.15) is 47.0 Å². The molecule has 1 spiro atoms. The number of fused-ring (bicyclic) bond motifs is 2. The summed E-state index contributed by atoms with van der Waals surface area (Å²) in [6.07, 6.45) is 9.43. The zero-order valence-corrected chi connectivity index (χ0v) is 24.5. The van der Waals surface area contributed by atoms with E-state index in [1.165, 1.54) is 0 Å². The lowest BCUT2D eigenvalue weighted by atomic mass is 9.73. The van der Waals surface area contributed by atoms with Crippen LogP contribution in [0.5, 0.6) is 0 Å². The topological polar surface area (TPSA) is 90.4 Å². The molecule has 216 valence electrons. The molecule has 0 aliphatic carbocycles. The van der Waals surface area contributed by atoms with Gasteiger partial charge < -0.3 is 24.5 Å². The van der Waals surface area contributed by atoms with Crippen LogP contribution in [0.15, 0.2) is 48.6 Å². The molecule has 0 saturated carbocycles. The molecule has 5 rings (SSSR count). The van der Waals surface area contributed by atoms with E-state index >= 15 is 0 Å². The average molecular weight is 570 g/mol. The summed E-state index contributed by atoms with van der Waals surface area (Å²) in [4.78, 5) is 48.4. The predicted molar refractivity (Wildman–Crippen MR) is 154 cm³/mol. The minimum atomic E-state index is -1.35. The number of nitrogens with zero attached hydrogens (tertiary/aromatic N) is 3. The third kappa shape index (κ3) is 4.39. The number of anilines is 1. The molecular weight excluding hydrogens is 530 g/mol. The van der Waals surface area contributed by atoms with E-state index in [9.17, 15) is 19.5 Å². The van der Waals surface area contributed by atoms with Crippen molar-refractivity contribution in [1.29, 1.82) is 0 Å². The molecule has 4 heterocycles. The van der Waals surface area contributed by atoms with Crippen LogP contribution in [-0.2, 0) is 19.1 Å². The Labute approximate surface area is 241 Å². The molecule has 9 heteroatoms. The predicted octanol–water partition coefficient (Wildman–Crippen LogP) is 3.82. The molecule has 1 unspecified atom stereocenters. The van der Waals surface area contributed by atoms with Crippen LogP contribution in [0.4, 0.5) is 5.69 Å². The van der Waals surface area contributed by atoms with Crippen LogP contribution in [0.2, 0.25) is 5.02 Å². The highest BCUT2D eigenvalue weighted by Gasteiger charge is 2.75. The van der Waals surface area contributed by atoms with E-state index in [-0.39, 0.29) is 36.8 Å². The molecule has 3 amide bonds. The Balaban J connectivity index is 1.69. The Morgan fingerprint density at radius 2 is 1.70 bits per heavy atom. The molecule has 2 fully saturated rings. The van der Waals surface area contributed by atoms with Crippen molar-refractivity contribution in [2.24, 2.45) is 17.8 Å². The minimum Gasteiger partial charge on any atom is -0.394 e. The van der Waals surface area contributed by atoms with Crippen molar-refractivity contribution in [3.8, 4) is 0 Å². The molecule has 1 aromatic carbocycles. The SMILES string of the molecule is CCCN1CC=C[C@]2(CC)O[C@]34C=CCN(c5ccc(Cl)cc5)C(=O)C3N([C@@H](CO)CC(C)C)C(=O)[C@@H]4[C@@H]2C1=O. The molecule has 6 atom stereocenters. The molecule has 0 radical (unpaired) electrons. The first-order chi connectivity index (χ1) is 19.1. The van der Waals surface area contributed by atoms with Crippen molar-refractivity contribution >= 4 is 35.0 Å². The average Bonchev–Trinajstić information content (AvgIpc) is 3.23. The number of hydrogen-bond acceptors (Lipinski definition) is 5. The summed E-state index contributed by atoms with van der Waals surface area (Å²) < 4.78 is 7.01. The smallest absolute Gasteiger partial charge is 0.253 e. The van der Waals surface area contributed by atoms with E-state index in [1.54, 1.807) is 39.0 Å². The van der Waals surface area contributed by atoms with E-state index in [0.717, 1.165) is 6.42 Å². The molecule has 8 nitrogen and oxygen atoms in total. The Kier molecular flexibility index (Phi) is 7.89. The van der Waals surface area contributed by atoms with Gasteiger partial charge >= 0.3 is 0 Å². The first-order valence-corrected chi connectivity index (χ1v) is 14.9. The van der Waals surface area contributed by atoms with Crippen LogP contribution < -0.4 is 4.90 Å². The number of halogens is 1. The number of rotatable bonds is 8. The number of hydrogen-bond donors (Lipinski definition) is 1. The molecule has 2 saturated heterocycles. The Hall–Kier alpha value is -2.68. The zero-order chi connectivity index (χ0) is 28.8. The van der Waals surface area contributed by atoms with Gasteiger partial charge in [-0.15, -0.1) is 0 Å². The third-order valence-electron chi connectivity index (χ3n) is 8.94. The molecule has 0 bridgehead atoms. The maximum atomic E-state index is 14.6. The fraction of sp³-hybridized carbons (Fsp3) is 0.581. The van der Waals surface area contributed by atoms with Gasteiger partial charge in [0.05, 0.1) is 30.1 Å². The number of carbonyl (C=O) groups is 3. The summed E-state index contributed by atoms with van der Waals surface area (Å²) >= 11 is 6.13. The summed E-state index contributed by atoms with van der Waals surface area (Å²) in [5.41, 5.74) is -1.72. The summed E-state index contributed by atoms with van der Waals surface area (Å²) in [6.45, 7) is 9.06. The molecule has 0 aromatic heterocycles. The number of ether oxygens (including phenoxy) is 1. The monoisotopic (exact) mass is 569 g/mol. The maximum absolute atomic E-state index is 14.6. The van der Waals surface area contributed by atoms with Gasteiger partial charge in [-0.05, 0) is 49.4 Å². The van der Waals surface area contributed by atoms with Crippen LogP contribution in [-0.4, -0.2) is 82.2 Å². The second-order valence-corrected chi connectivity index (χ2v) is 12.3. The maximum Gasteiger partial charge on any atom is 0.253 e. The second-order valence-electron chi connectivity index (χ2n) is 11.8. The second kappa shape index (κ2) is 11.0. The Bertz CT molecular complexity index is 1220. The Morgan fingerprint density at radius 1 is 1.00 bits per heavy atom. The fourth-order valence-corrected chi connectivity index (χ4v) is 7.41. The van der Waals surface area contributed by atoms with E-state index in [4.69, 9.17) is 16.3 Å². The lowest BCUT2D eigenvalue weighted by Gasteiger charge is -2.41. The Morgan fingerprint density at radius 3 is 2.33 bits per heavy atom. The van der Waals surface area contributed by atoms with E-state index in [0.29, 0.717) is 36.6 Å². The standard InChI is InChI=1S/C31H40ClN3O5/c1-5-15-33-16-7-13-30(6-2)24(27(33)37)25-28(38)35(23(19-36)18-20(3)4)26-29(39)34(17-8-14-31(25,26)40-30)22-11-9-21(32)10-12-22/h7-14,20,23-26,36H,5-6,15-19H2,1-4H3/t23-,24-,25+,26?,30+,31+/m1/s1. The number of likely N-dealkylation sites (tertiary alicyclic amines) is 1. The third-order valence-corrected chi connectivity index (χ3v) is 9.19. The van der Waals surface area contributed by atoms with Gasteiger partial charge in [0.2, 0.25) is 11.8 Å². The van der Waals surface area contributed by atoms with Crippen LogP contribution in [0, 0.1) is 17.8 Å². The first-order valence-electron chi connectivity index (χ1n) is 14.5. The number of aliphatic hydroxyl groups excluding tert-OH is 1. The largest absolute Gasteiger partial charge is 0.394 e. The van der Waals surface area contributed by atoms with Gasteiger partial charge in [0, 0.05) is 30.3 Å². The quantitative estimate of drug-likeness (QED) is 0.481. The van der Waals surface area contributed by atoms with Gasteiger partial charge in [-0.2, -0.15) is 0 Å². The van der Waals surface area contributed by atoms with Crippen molar-refractivity contribution in [2.75, 3.05) is 31.1 Å². The molecule has 4 aliphatic heterocycles. The highest BCUT2D eigenvalue weighted by molar-refractivity contribution is 6.30. The lowest BCUT2D eigenvalue weighted by molar-refractivity contribution is -0.153. The fourth-order valence-electron chi connectivity index (χ4n) is 7.29. The molecular formula is C31H40ClN3O5. The van der Waals surface area contributed by atoms with Crippen molar-refractivity contribution in [2.45, 2.75) is 70.2 Å². The number of carbonyl (C=O) groups excluding carboxylic acids is 3. The number of benzene rings is 1. The van der Waals surface area contributed by atoms with Crippen LogP contribution >= 0.6 is 11.6 Å². The van der Waals surface area contributed by atoms with Gasteiger partial charge in [-0.25, -0.2) is 0 Å². The number of aliphatic hydroxyl groups is 1. The molecule has 40 heavy (non-hydrogen) atoms. The summed E-state index contributed by atoms with van der Waals surface area (Å²) in [7, 11) is 0. The summed E-state index contributed by atoms with van der Waals surface area (Å²) in [5, 5.41) is 11.1. The summed E-state index contributed by atoms with van der Waals surface area (Å²) in [5.74, 6) is -2.22. The van der Waals surface area contributed by atoms with Crippen molar-refractivity contribution in [1.82, 2.24) is 9.80 Å². The highest BCUT2D eigenvalue weighted by atomic mass is 35.5. The highest BCUT2D eigenvalue weighted by Crippen LogP contribution is 2.59. The van der Waals surface area contributed by atoms with Crippen LogP contribution in [0.3, 0.4) is 0 Å². The van der Waals surface area contributed by atoms with Crippen molar-refractivity contribution < 1.29 is 24.2 Å². The van der Waals surface area contributed by atoms with Gasteiger partial charge in [0.15, 0.2) is 0 Å². The summed E-state index contributed by atoms with van der Waals surface area (Å²) in [6, 6.07) is 5.39. The zero-order valence-electron chi connectivity index (χ0n) is 23.8. The van der Waals surface area contributed by atoms with Gasteiger partial charge in [0.1, 0.15) is 11.6 Å². The minimum absolute atomic E-state index is 0.117. The number of amides is 3. The van der Waals surface area contributed by atoms with Gasteiger partial charge in [-0.3, -0.25) is 14.4 Å². The normalized spacial score (nSPS) is 32.3. The first kappa shape index (κ1) is 28.8. The molecule has 1 N–H and O–H groups in total. The molecule has 1 aromatic rings. The van der Waals surface area contributed by atoms with Crippen molar-refractivity contribution in [3.63, 3.8) is 0 Å². The van der Waals surface area contributed by atoms with E-state index in [2.05, 4.69) is 0 Å². The van der Waals surface area contributed by atoms with Crippen molar-refractivity contribution in [3.05, 3.63) is 53.6 Å². The van der Waals surface area contributed by atoms with E-state index in [1.807, 2.05) is 52.0 Å². The van der Waals surface area contributed by atoms with Gasteiger partial charge in [0.25, 0.3) is 5.91 Å². The van der Waals surface area contributed by atoms with E-state index < -0.39 is 35.1 Å². The lowest BCUT2D eigenvalue weighted by Crippen LogP contribution is -2.59. The van der Waals surface area contributed by atoms with Crippen LogP contribution in [0.25, 0.3) is 0 Å². The van der Waals surface area contributed by atoms with Gasteiger partial charge in [-0.1, -0.05) is 63.6 Å².